The number of hydrogen-bond acceptors (Lipinski definition) is 4. The lowest BCUT2D eigenvalue weighted by atomic mass is 10.1. The van der Waals surface area contributed by atoms with Crippen LogP contribution in [-0.4, -0.2) is 40.6 Å². The fraction of sp³-hybridized carbons (Fsp3) is 0.429. The summed E-state index contributed by atoms with van der Waals surface area (Å²) in [5.74, 6) is 0. The predicted molar refractivity (Wildman–Crippen MR) is 87.6 cm³/mol. The number of ether oxygens (including phenoxy) is 1. The topological polar surface area (TPSA) is 38.2 Å². The third-order valence-electron chi connectivity index (χ3n) is 3.51. The molecule has 4 nitrogen and oxygen atoms in total. The molecule has 0 N–H and O–H groups in total. The van der Waals surface area contributed by atoms with Gasteiger partial charge in [0, 0.05) is 34.8 Å². The first kappa shape index (κ1) is 14.2. The van der Waals surface area contributed by atoms with E-state index < -0.39 is 0 Å². The van der Waals surface area contributed by atoms with E-state index in [4.69, 9.17) is 4.74 Å². The summed E-state index contributed by atoms with van der Waals surface area (Å²) >= 11 is 6.95. The summed E-state index contributed by atoms with van der Waals surface area (Å²) < 4.78 is 6.74. The van der Waals surface area contributed by atoms with Crippen molar-refractivity contribution in [2.24, 2.45) is 0 Å². The normalized spacial score (nSPS) is 23.2. The van der Waals surface area contributed by atoms with Crippen molar-refractivity contribution in [2.45, 2.75) is 19.1 Å². The van der Waals surface area contributed by atoms with Crippen LogP contribution in [0.25, 0.3) is 11.0 Å². The number of fused-ring (bicyclic) bond motifs is 1. The summed E-state index contributed by atoms with van der Waals surface area (Å²) in [5.41, 5.74) is 2.98. The largest absolute Gasteiger partial charge is 0.373 e. The number of anilines is 1. The zero-order valence-electron chi connectivity index (χ0n) is 11.1. The smallest absolute Gasteiger partial charge is 0.112 e. The van der Waals surface area contributed by atoms with Gasteiger partial charge in [0.1, 0.15) is 5.52 Å². The zero-order valence-corrected chi connectivity index (χ0v) is 14.3. The Morgan fingerprint density at radius 2 is 2.30 bits per heavy atom. The number of hydrogen-bond donors (Lipinski definition) is 0. The number of nitrogens with zero attached hydrogens (tertiary/aromatic N) is 3. The van der Waals surface area contributed by atoms with Gasteiger partial charge in [-0.25, -0.2) is 0 Å². The van der Waals surface area contributed by atoms with Gasteiger partial charge in [-0.2, -0.15) is 0 Å². The second kappa shape index (κ2) is 5.95. The minimum absolute atomic E-state index is 0.213. The molecule has 0 aliphatic carbocycles. The van der Waals surface area contributed by atoms with Gasteiger partial charge in [0.2, 0.25) is 0 Å². The Morgan fingerprint density at radius 1 is 1.45 bits per heavy atom. The van der Waals surface area contributed by atoms with Crippen LogP contribution in [-0.2, 0) is 4.74 Å². The van der Waals surface area contributed by atoms with Gasteiger partial charge in [-0.1, -0.05) is 15.9 Å². The van der Waals surface area contributed by atoms with Crippen LogP contribution in [0.5, 0.6) is 0 Å². The van der Waals surface area contributed by atoms with E-state index in [-0.39, 0.29) is 6.10 Å². The fourth-order valence-electron chi connectivity index (χ4n) is 2.47. The summed E-state index contributed by atoms with van der Waals surface area (Å²) in [5, 5.41) is 0.845. The Hall–Kier alpha value is -0.720. The molecule has 0 bridgehead atoms. The molecule has 1 saturated heterocycles. The summed E-state index contributed by atoms with van der Waals surface area (Å²) in [6.45, 7) is 3.77. The van der Waals surface area contributed by atoms with Crippen LogP contribution >= 0.6 is 31.9 Å². The van der Waals surface area contributed by atoms with Crippen LogP contribution in [0.2, 0.25) is 0 Å². The number of alkyl halides is 1. The molecule has 2 unspecified atom stereocenters. The van der Waals surface area contributed by atoms with Crippen LogP contribution in [0.15, 0.2) is 29.0 Å². The molecule has 0 spiro atoms. The number of rotatable bonds is 2. The highest BCUT2D eigenvalue weighted by Gasteiger charge is 2.27. The molecule has 0 amide bonds. The lowest BCUT2D eigenvalue weighted by Crippen LogP contribution is -2.49. The lowest BCUT2D eigenvalue weighted by molar-refractivity contribution is 0.0381. The Kier molecular flexibility index (Phi) is 4.23. The second-order valence-corrected chi connectivity index (χ2v) is 6.53. The maximum absolute atomic E-state index is 5.79. The quantitative estimate of drug-likeness (QED) is 0.724. The number of pyridine rings is 2. The summed E-state index contributed by atoms with van der Waals surface area (Å²) in [4.78, 5) is 11.3. The van der Waals surface area contributed by atoms with Crippen molar-refractivity contribution in [1.82, 2.24) is 9.97 Å². The molecule has 3 rings (SSSR count). The summed E-state index contributed by atoms with van der Waals surface area (Å²) in [6, 6.07) is 4.37. The van der Waals surface area contributed by atoms with Gasteiger partial charge in [-0.05, 0) is 35.0 Å². The van der Waals surface area contributed by atoms with Crippen molar-refractivity contribution in [1.29, 1.82) is 0 Å². The molecule has 20 heavy (non-hydrogen) atoms. The third kappa shape index (κ3) is 2.69. The molecule has 0 aromatic carbocycles. The van der Waals surface area contributed by atoms with Gasteiger partial charge in [0.15, 0.2) is 0 Å². The molecule has 2 aromatic rings. The first-order chi connectivity index (χ1) is 9.69. The SMILES string of the molecule is CC1COC(CBr)CN1c1ccnc2cc(Br)cnc12. The fourth-order valence-corrected chi connectivity index (χ4v) is 3.18. The van der Waals surface area contributed by atoms with Crippen molar-refractivity contribution in [3.05, 3.63) is 29.0 Å². The maximum Gasteiger partial charge on any atom is 0.112 e. The maximum atomic E-state index is 5.79. The molecule has 1 aliphatic rings. The van der Waals surface area contributed by atoms with Crippen molar-refractivity contribution >= 4 is 48.6 Å². The molecule has 106 valence electrons. The van der Waals surface area contributed by atoms with E-state index in [1.165, 1.54) is 0 Å². The number of halogens is 2. The summed E-state index contributed by atoms with van der Waals surface area (Å²) in [6.07, 6.45) is 3.88. The first-order valence-electron chi connectivity index (χ1n) is 6.53. The van der Waals surface area contributed by atoms with Crippen LogP contribution in [0.1, 0.15) is 6.92 Å². The minimum Gasteiger partial charge on any atom is -0.373 e. The van der Waals surface area contributed by atoms with E-state index in [0.29, 0.717) is 6.04 Å². The minimum atomic E-state index is 0.213. The van der Waals surface area contributed by atoms with Gasteiger partial charge in [-0.3, -0.25) is 9.97 Å². The molecule has 1 fully saturated rings. The van der Waals surface area contributed by atoms with Crippen molar-refractivity contribution in [3.8, 4) is 0 Å². The molecular formula is C14H15Br2N3O. The van der Waals surface area contributed by atoms with E-state index in [0.717, 1.165) is 39.7 Å². The monoisotopic (exact) mass is 399 g/mol. The molecular weight excluding hydrogens is 386 g/mol. The Bertz CT molecular complexity index is 622. The Labute approximate surface area is 134 Å². The molecule has 2 atom stereocenters. The van der Waals surface area contributed by atoms with Crippen molar-refractivity contribution < 1.29 is 4.74 Å². The second-order valence-electron chi connectivity index (χ2n) is 4.96. The van der Waals surface area contributed by atoms with E-state index >= 15 is 0 Å². The van der Waals surface area contributed by atoms with Crippen molar-refractivity contribution in [2.75, 3.05) is 23.4 Å². The average molecular weight is 401 g/mol. The average Bonchev–Trinajstić information content (AvgIpc) is 2.47. The van der Waals surface area contributed by atoms with Crippen LogP contribution < -0.4 is 4.90 Å². The molecule has 0 radical (unpaired) electrons. The molecule has 1 aliphatic heterocycles. The van der Waals surface area contributed by atoms with Gasteiger partial charge in [0.05, 0.1) is 23.9 Å². The molecule has 2 aromatic heterocycles. The van der Waals surface area contributed by atoms with E-state index in [9.17, 15) is 0 Å². The third-order valence-corrected chi connectivity index (χ3v) is 4.67. The Morgan fingerprint density at radius 3 is 3.10 bits per heavy atom. The molecule has 3 heterocycles. The predicted octanol–water partition coefficient (Wildman–Crippen LogP) is 3.38. The van der Waals surface area contributed by atoms with Crippen LogP contribution in [0.4, 0.5) is 5.69 Å². The van der Waals surface area contributed by atoms with Gasteiger partial charge < -0.3 is 9.64 Å². The molecule has 0 saturated carbocycles. The standard InChI is InChI=1S/C14H15Br2N3O/c1-9-8-20-11(5-15)7-19(9)13-2-3-17-12-4-10(16)6-18-14(12)13/h2-4,6,9,11H,5,7-8H2,1H3. The summed E-state index contributed by atoms with van der Waals surface area (Å²) in [7, 11) is 0. The highest BCUT2D eigenvalue weighted by Crippen LogP contribution is 2.29. The lowest BCUT2D eigenvalue weighted by Gasteiger charge is -2.39. The van der Waals surface area contributed by atoms with E-state index in [2.05, 4.69) is 53.7 Å². The van der Waals surface area contributed by atoms with E-state index in [1.54, 1.807) is 0 Å². The number of aromatic nitrogens is 2. The van der Waals surface area contributed by atoms with E-state index in [1.807, 2.05) is 24.5 Å². The zero-order chi connectivity index (χ0) is 14.1. The van der Waals surface area contributed by atoms with Gasteiger partial charge in [-0.15, -0.1) is 0 Å². The highest BCUT2D eigenvalue weighted by atomic mass is 79.9. The van der Waals surface area contributed by atoms with Gasteiger partial charge in [0.25, 0.3) is 0 Å². The highest BCUT2D eigenvalue weighted by molar-refractivity contribution is 9.10. The van der Waals surface area contributed by atoms with Crippen LogP contribution in [0.3, 0.4) is 0 Å². The van der Waals surface area contributed by atoms with Crippen molar-refractivity contribution in [3.63, 3.8) is 0 Å². The molecule has 6 heteroatoms. The number of morpholine rings is 1. The Balaban J connectivity index is 2.04. The first-order valence-corrected chi connectivity index (χ1v) is 8.45. The van der Waals surface area contributed by atoms with Gasteiger partial charge >= 0.3 is 0 Å². The van der Waals surface area contributed by atoms with Crippen LogP contribution in [0, 0.1) is 0 Å².